The van der Waals surface area contributed by atoms with Crippen LogP contribution in [0.3, 0.4) is 0 Å². The molecule has 0 aromatic carbocycles. The van der Waals surface area contributed by atoms with Crippen molar-refractivity contribution in [1.82, 2.24) is 19.9 Å². The van der Waals surface area contributed by atoms with Gasteiger partial charge < -0.3 is 19.9 Å². The molecule has 0 spiro atoms. The van der Waals surface area contributed by atoms with Gasteiger partial charge in [-0.3, -0.25) is 0 Å². The maximum absolute atomic E-state index is 3.89. The Bertz CT molecular complexity index is 1880. The SMILES string of the molecule is C1=CC2CCC1c1c3[nH]c(c12)C=c1[nH]c(c2c1C1C=CC2CC1)=Cc1ccc([nH]1)C=c1ccc([nH]1)=C3. The van der Waals surface area contributed by atoms with Gasteiger partial charge in [0.1, 0.15) is 0 Å². The minimum Gasteiger partial charge on any atom is -0.355 e. The molecule has 12 bridgehead atoms. The Morgan fingerprint density at radius 3 is 1.61 bits per heavy atom. The Balaban J connectivity index is 1.40. The molecule has 0 radical (unpaired) electrons. The molecule has 4 nitrogen and oxygen atoms in total. The number of rotatable bonds is 0. The van der Waals surface area contributed by atoms with E-state index in [0.29, 0.717) is 23.7 Å². The van der Waals surface area contributed by atoms with Crippen molar-refractivity contribution >= 4 is 24.3 Å². The molecule has 7 aliphatic rings. The number of fused-ring (bicyclic) bond motifs is 10. The third kappa shape index (κ3) is 2.64. The van der Waals surface area contributed by atoms with E-state index >= 15 is 0 Å². The summed E-state index contributed by atoms with van der Waals surface area (Å²) in [5.74, 6) is 2.04. The zero-order valence-corrected chi connectivity index (χ0v) is 20.1. The lowest BCUT2D eigenvalue weighted by molar-refractivity contribution is 0.552. The Hall–Kier alpha value is -3.92. The van der Waals surface area contributed by atoms with Crippen LogP contribution in [0.1, 0.15) is 94.4 Å². The molecule has 176 valence electrons. The van der Waals surface area contributed by atoms with Gasteiger partial charge in [0.2, 0.25) is 0 Å². The van der Waals surface area contributed by atoms with Crippen LogP contribution in [-0.2, 0) is 0 Å². The summed E-state index contributed by atoms with van der Waals surface area (Å²) in [6.07, 6.45) is 24.0. The van der Waals surface area contributed by atoms with E-state index in [1.165, 1.54) is 70.0 Å². The van der Waals surface area contributed by atoms with Crippen LogP contribution in [0.2, 0.25) is 0 Å². The molecule has 4 atom stereocenters. The molecule has 0 fully saturated rings. The molecule has 11 rings (SSSR count). The van der Waals surface area contributed by atoms with Gasteiger partial charge in [0.15, 0.2) is 0 Å². The van der Waals surface area contributed by atoms with Gasteiger partial charge in [0.25, 0.3) is 0 Å². The van der Waals surface area contributed by atoms with Gasteiger partial charge in [-0.25, -0.2) is 0 Å². The van der Waals surface area contributed by atoms with Crippen LogP contribution in [-0.4, -0.2) is 19.9 Å². The minimum absolute atomic E-state index is 0.509. The van der Waals surface area contributed by atoms with Crippen molar-refractivity contribution in [3.8, 4) is 0 Å². The van der Waals surface area contributed by atoms with E-state index in [9.17, 15) is 0 Å². The van der Waals surface area contributed by atoms with Crippen LogP contribution < -0.4 is 21.4 Å². The van der Waals surface area contributed by atoms with E-state index in [0.717, 1.165) is 22.1 Å². The third-order valence-corrected chi connectivity index (χ3v) is 9.15. The van der Waals surface area contributed by atoms with Crippen molar-refractivity contribution < 1.29 is 0 Å². The first-order chi connectivity index (χ1) is 17.8. The average Bonchev–Trinajstić information content (AvgIpc) is 3.70. The topological polar surface area (TPSA) is 63.2 Å². The number of allylic oxidation sites excluding steroid dienone is 4. The van der Waals surface area contributed by atoms with Crippen LogP contribution in [0.15, 0.2) is 48.6 Å². The number of H-pyrrole nitrogens is 4. The average molecular weight is 469 g/mol. The Morgan fingerprint density at radius 1 is 0.444 bits per heavy atom. The maximum atomic E-state index is 3.89. The second-order valence-corrected chi connectivity index (χ2v) is 11.2. The van der Waals surface area contributed by atoms with Crippen LogP contribution in [0.25, 0.3) is 24.3 Å². The van der Waals surface area contributed by atoms with Crippen molar-refractivity contribution in [2.75, 3.05) is 0 Å². The Kier molecular flexibility index (Phi) is 3.67. The van der Waals surface area contributed by atoms with E-state index in [1.54, 1.807) is 0 Å². The molecule has 5 heterocycles. The second-order valence-electron chi connectivity index (χ2n) is 11.2. The first kappa shape index (κ1) is 19.3. The highest BCUT2D eigenvalue weighted by Crippen LogP contribution is 2.48. The predicted octanol–water partition coefficient (Wildman–Crippen LogP) is 3.69. The largest absolute Gasteiger partial charge is 0.355 e. The predicted molar refractivity (Wildman–Crippen MR) is 144 cm³/mol. The monoisotopic (exact) mass is 468 g/mol. The third-order valence-electron chi connectivity index (χ3n) is 9.15. The van der Waals surface area contributed by atoms with Crippen LogP contribution in [0.5, 0.6) is 0 Å². The molecule has 36 heavy (non-hydrogen) atoms. The van der Waals surface area contributed by atoms with Crippen molar-refractivity contribution in [2.24, 2.45) is 0 Å². The van der Waals surface area contributed by atoms with E-state index in [1.807, 2.05) is 0 Å². The minimum atomic E-state index is 0.509. The van der Waals surface area contributed by atoms with E-state index in [-0.39, 0.29) is 0 Å². The Morgan fingerprint density at radius 2 is 0.972 bits per heavy atom. The van der Waals surface area contributed by atoms with E-state index in [4.69, 9.17) is 0 Å². The summed E-state index contributed by atoms with van der Waals surface area (Å²) >= 11 is 0. The highest BCUT2D eigenvalue weighted by Gasteiger charge is 2.35. The zero-order chi connectivity index (χ0) is 23.4. The summed E-state index contributed by atoms with van der Waals surface area (Å²) < 4.78 is 0. The smallest absolute Gasteiger partial charge is 0.0447 e. The Labute approximate surface area is 208 Å². The summed E-state index contributed by atoms with van der Waals surface area (Å²) in [7, 11) is 0. The van der Waals surface area contributed by atoms with Gasteiger partial charge in [-0.05, 0) is 96.5 Å². The lowest BCUT2D eigenvalue weighted by Crippen LogP contribution is -2.23. The van der Waals surface area contributed by atoms with Gasteiger partial charge in [-0.15, -0.1) is 0 Å². The molecule has 4 N–H and O–H groups in total. The van der Waals surface area contributed by atoms with Gasteiger partial charge in [0.05, 0.1) is 0 Å². The van der Waals surface area contributed by atoms with E-state index < -0.39 is 0 Å². The number of nitrogens with one attached hydrogen (secondary N) is 4. The van der Waals surface area contributed by atoms with Crippen LogP contribution in [0.4, 0.5) is 0 Å². The first-order valence-corrected chi connectivity index (χ1v) is 13.4. The molecule has 4 aromatic heterocycles. The maximum Gasteiger partial charge on any atom is 0.0447 e. The van der Waals surface area contributed by atoms with Gasteiger partial charge in [-0.2, -0.15) is 0 Å². The fourth-order valence-corrected chi connectivity index (χ4v) is 7.61. The van der Waals surface area contributed by atoms with Crippen LogP contribution in [0, 0.1) is 0 Å². The number of aromatic nitrogens is 4. The van der Waals surface area contributed by atoms with E-state index in [2.05, 4.69) is 92.8 Å². The lowest BCUT2D eigenvalue weighted by atomic mass is 9.71. The normalized spacial score (nSPS) is 26.0. The van der Waals surface area contributed by atoms with Crippen molar-refractivity contribution in [1.29, 1.82) is 0 Å². The fraction of sp³-hybridized carbons (Fsp3) is 0.250. The molecule has 0 saturated heterocycles. The van der Waals surface area contributed by atoms with Crippen LogP contribution >= 0.6 is 0 Å². The summed E-state index contributed by atoms with van der Waals surface area (Å²) in [4.78, 5) is 15.0. The van der Waals surface area contributed by atoms with Crippen molar-refractivity contribution in [2.45, 2.75) is 49.4 Å². The summed E-state index contributed by atoms with van der Waals surface area (Å²) in [6, 6.07) is 8.70. The standard InChI is InChI=1S/C32H28N4/c1-5-19-6-2-17(1)29-25-14-23-11-9-21(33-23)13-22-10-12-24(34-22)15-26-30-18-3-7-20(8-4-18)32(30)28(36-26)16-27(35-25)31(19)29/h1,3,5,7,9-20,33-36H,2,4,6,8H2. The second kappa shape index (κ2) is 6.85. The highest BCUT2D eigenvalue weighted by molar-refractivity contribution is 5.68. The molecule has 4 heteroatoms. The molecular formula is C32H28N4. The van der Waals surface area contributed by atoms with Gasteiger partial charge in [-0.1, -0.05) is 24.3 Å². The highest BCUT2D eigenvalue weighted by atomic mass is 14.8. The summed E-state index contributed by atoms with van der Waals surface area (Å²) in [5.41, 5.74) is 10.8. The zero-order valence-electron chi connectivity index (χ0n) is 20.1. The van der Waals surface area contributed by atoms with Gasteiger partial charge in [0, 0.05) is 67.8 Å². The number of aromatic amines is 4. The molecular weight excluding hydrogens is 440 g/mol. The molecule has 0 saturated carbocycles. The van der Waals surface area contributed by atoms with Crippen molar-refractivity contribution in [3.05, 3.63) is 115 Å². The molecule has 1 aliphatic heterocycles. The van der Waals surface area contributed by atoms with Gasteiger partial charge >= 0.3 is 0 Å². The quantitative estimate of drug-likeness (QED) is 0.251. The molecule has 6 aliphatic carbocycles. The number of hydrogen-bond acceptors (Lipinski definition) is 0. The summed E-state index contributed by atoms with van der Waals surface area (Å²) in [5, 5.41) is 4.78. The fourth-order valence-electron chi connectivity index (χ4n) is 7.61. The lowest BCUT2D eigenvalue weighted by Gasteiger charge is -2.32. The molecule has 4 unspecified atom stereocenters. The van der Waals surface area contributed by atoms with Crippen molar-refractivity contribution in [3.63, 3.8) is 0 Å². The summed E-state index contributed by atoms with van der Waals surface area (Å²) in [6.45, 7) is 0. The molecule has 0 amide bonds. The first-order valence-electron chi connectivity index (χ1n) is 13.4. The number of hydrogen-bond donors (Lipinski definition) is 4. The molecule has 4 aromatic rings.